The van der Waals surface area contributed by atoms with Crippen LogP contribution in [-0.4, -0.2) is 69.6 Å². The zero-order valence-corrected chi connectivity index (χ0v) is 52.7. The topological polar surface area (TPSA) is 165 Å². The Morgan fingerprint density at radius 1 is 0.429 bits per heavy atom. The molecule has 0 saturated carbocycles. The average molecular weight is 1210 g/mol. The van der Waals surface area contributed by atoms with Crippen LogP contribution in [0.25, 0.3) is 0 Å². The number of aliphatic imine (C=N–C) groups is 1. The fraction of sp³-hybridized carbons (Fsp3) is 0.169. The van der Waals surface area contributed by atoms with Crippen LogP contribution in [0.15, 0.2) is 223 Å². The molecule has 433 valence electrons. The minimum absolute atomic E-state index is 0. The second-order valence-electron chi connectivity index (χ2n) is 16.9. The number of carbonyl (C=O) groups excluding carboxylic acids is 1. The maximum Gasteiger partial charge on any atom is 1.00 e. The molecule has 0 atom stereocenters. The number of aldehydes is 1. The summed E-state index contributed by atoms with van der Waals surface area (Å²) in [6, 6.07) is 71.2. The monoisotopic (exact) mass is 1210 g/mol. The van der Waals surface area contributed by atoms with Gasteiger partial charge >= 0.3 is 29.6 Å². The summed E-state index contributed by atoms with van der Waals surface area (Å²) >= 11 is 19.4. The zero-order valence-electron chi connectivity index (χ0n) is 48.5. The minimum atomic E-state index is 0. The van der Waals surface area contributed by atoms with Gasteiger partial charge in [0.05, 0.1) is 0 Å². The predicted octanol–water partition coefficient (Wildman–Crippen LogP) is 8.81. The van der Waals surface area contributed by atoms with Gasteiger partial charge in [0.1, 0.15) is 55.7 Å². The average Bonchev–Trinajstić information content (AvgIpc) is 3.62. The summed E-state index contributed by atoms with van der Waals surface area (Å²) in [6.45, 7) is 3.70. The van der Waals surface area contributed by atoms with E-state index in [4.69, 9.17) is 61.3 Å². The summed E-state index contributed by atoms with van der Waals surface area (Å²) in [5, 5.41) is 19.4. The number of nitrogens with zero attached hydrogens (tertiary/aromatic N) is 1. The largest absolute Gasteiger partial charge is 1.00 e. The van der Waals surface area contributed by atoms with E-state index in [2.05, 4.69) is 73.4 Å². The first-order valence-electron chi connectivity index (χ1n) is 25.6. The summed E-state index contributed by atoms with van der Waals surface area (Å²) in [5.74, 6) is 3.35. The number of carbonyl (C=O) groups is 1. The Morgan fingerprint density at radius 2 is 0.702 bits per heavy atom. The molecule has 8 aromatic carbocycles. The van der Waals surface area contributed by atoms with Gasteiger partial charge in [0.2, 0.25) is 0 Å². The number of benzene rings is 8. The van der Waals surface area contributed by atoms with Gasteiger partial charge in [-0.2, -0.15) is 0 Å². The molecule has 0 aliphatic carbocycles. The van der Waals surface area contributed by atoms with Gasteiger partial charge in [-0.15, -0.1) is 0 Å². The third-order valence-electron chi connectivity index (χ3n) is 10.9. The van der Waals surface area contributed by atoms with Crippen molar-refractivity contribution < 1.29 is 54.7 Å². The van der Waals surface area contributed by atoms with Crippen molar-refractivity contribution in [3.8, 4) is 23.0 Å². The van der Waals surface area contributed by atoms with Crippen molar-refractivity contribution >= 4 is 90.2 Å². The van der Waals surface area contributed by atoms with Crippen molar-refractivity contribution in [2.24, 2.45) is 10.7 Å². The number of thiocarbonyl (C=S) groups is 4. The maximum absolute atomic E-state index is 10.5. The predicted molar refractivity (Wildman–Crippen MR) is 360 cm³/mol. The van der Waals surface area contributed by atoms with Crippen molar-refractivity contribution in [2.45, 2.75) is 46.9 Å². The summed E-state index contributed by atoms with van der Waals surface area (Å²) in [4.78, 5) is 14.5. The third-order valence-corrected chi connectivity index (χ3v) is 12.1. The number of hydrogen-bond donors (Lipinski definition) is 7. The van der Waals surface area contributed by atoms with Gasteiger partial charge in [0.15, 0.2) is 20.4 Å². The molecule has 0 fully saturated rings. The van der Waals surface area contributed by atoms with E-state index in [0.29, 0.717) is 65.5 Å². The fourth-order valence-corrected chi connectivity index (χ4v) is 6.60. The van der Waals surface area contributed by atoms with E-state index in [9.17, 15) is 4.79 Å². The minimum Gasteiger partial charge on any atom is -1.00 e. The van der Waals surface area contributed by atoms with E-state index in [1.807, 2.05) is 170 Å². The van der Waals surface area contributed by atoms with Crippen LogP contribution in [0.3, 0.4) is 0 Å². The molecule has 0 saturated heterocycles. The molecule has 0 bridgehead atoms. The fourth-order valence-electron chi connectivity index (χ4n) is 6.40. The van der Waals surface area contributed by atoms with Gasteiger partial charge in [-0.1, -0.05) is 153 Å². The first-order valence-corrected chi connectivity index (χ1v) is 27.3. The van der Waals surface area contributed by atoms with Gasteiger partial charge in [-0.3, -0.25) is 4.79 Å². The summed E-state index contributed by atoms with van der Waals surface area (Å²) in [6.07, 6.45) is 2.54. The summed E-state index contributed by atoms with van der Waals surface area (Å²) in [7, 11) is 7.04. The van der Waals surface area contributed by atoms with E-state index in [1.54, 1.807) is 58.7 Å². The van der Waals surface area contributed by atoms with Crippen molar-refractivity contribution in [1.29, 1.82) is 0 Å². The molecule has 0 aliphatic heterocycles. The molecule has 8 rings (SSSR count). The molecule has 19 heteroatoms. The molecular formula is C65H75BN8NaO5S4. The van der Waals surface area contributed by atoms with Gasteiger partial charge in [0, 0.05) is 61.5 Å². The third kappa shape index (κ3) is 33.4. The molecule has 8 N–H and O–H groups in total. The number of nitrogens with one attached hydrogen (secondary N) is 6. The number of rotatable bonds is 18. The van der Waals surface area contributed by atoms with Gasteiger partial charge in [-0.25, -0.2) is 4.99 Å². The Bertz CT molecular complexity index is 2980. The second-order valence-corrected chi connectivity index (χ2v) is 18.6. The molecule has 0 amide bonds. The Morgan fingerprint density at radius 3 is 0.952 bits per heavy atom. The van der Waals surface area contributed by atoms with E-state index >= 15 is 0 Å². The molecule has 0 aliphatic rings. The quantitative estimate of drug-likeness (QED) is 0.0189. The maximum atomic E-state index is 10.5. The number of nitrogens with two attached hydrogens (primary N) is 1. The Balaban J connectivity index is 0.00000106. The Kier molecular flexibility index (Phi) is 40.5. The zero-order chi connectivity index (χ0) is 58.1. The van der Waals surface area contributed by atoms with Crippen LogP contribution < -0.4 is 86.1 Å². The van der Waals surface area contributed by atoms with Crippen LogP contribution in [0.2, 0.25) is 0 Å². The molecule has 13 nitrogen and oxygen atoms in total. The van der Waals surface area contributed by atoms with Crippen LogP contribution in [0.4, 0.5) is 0 Å². The summed E-state index contributed by atoms with van der Waals surface area (Å²) in [5.41, 5.74) is 13.5. The molecule has 3 radical (unpaired) electrons. The molecule has 0 heterocycles. The SMILES string of the molecule is C.CNC(=S)N=Cc1ccc(OCc2ccccc2)cc1.CNC(=S)NCc1ccc(OCc2ccccc2)cc1.CNC(=S)NCc1ccc(OCc2ccccc2)cc1.CNC(N)=S.O=Cc1ccc(OCc2ccccc2)cc1.[B].[H-].[Na+]. The molecule has 0 spiro atoms. The van der Waals surface area contributed by atoms with Crippen LogP contribution in [-0.2, 0) is 39.5 Å². The van der Waals surface area contributed by atoms with Crippen LogP contribution >= 0.6 is 48.9 Å². The first-order chi connectivity index (χ1) is 39.5. The molecule has 0 unspecified atom stereocenters. The number of ether oxygens (including phenoxy) is 4. The van der Waals surface area contributed by atoms with Crippen molar-refractivity contribution in [3.63, 3.8) is 0 Å². The molecule has 84 heavy (non-hydrogen) atoms. The van der Waals surface area contributed by atoms with Gasteiger partial charge < -0.3 is 58.0 Å². The van der Waals surface area contributed by atoms with Gasteiger partial charge in [0.25, 0.3) is 0 Å². The van der Waals surface area contributed by atoms with Gasteiger partial charge in [-0.05, 0) is 161 Å². The van der Waals surface area contributed by atoms with E-state index in [-0.39, 0.29) is 46.8 Å². The van der Waals surface area contributed by atoms with Crippen molar-refractivity contribution in [1.82, 2.24) is 31.9 Å². The molecule has 8 aromatic rings. The van der Waals surface area contributed by atoms with Crippen molar-refractivity contribution in [2.75, 3.05) is 28.2 Å². The van der Waals surface area contributed by atoms with Crippen LogP contribution in [0.1, 0.15) is 58.2 Å². The van der Waals surface area contributed by atoms with Crippen LogP contribution in [0, 0.1) is 0 Å². The molecule has 0 aromatic heterocycles. The smallest absolute Gasteiger partial charge is 1.00 e. The first kappa shape index (κ1) is 74.3. The van der Waals surface area contributed by atoms with Crippen molar-refractivity contribution in [3.05, 3.63) is 263 Å². The molecular weight excluding hydrogens is 1130 g/mol. The Hall–Kier alpha value is -7.68. The van der Waals surface area contributed by atoms with Crippen LogP contribution in [0.5, 0.6) is 23.0 Å². The second kappa shape index (κ2) is 45.8. The summed E-state index contributed by atoms with van der Waals surface area (Å²) < 4.78 is 22.8. The normalized spacial score (nSPS) is 9.43. The van der Waals surface area contributed by atoms with E-state index < -0.39 is 0 Å². The number of hydrogen-bond acceptors (Lipinski definition) is 9. The standard InChI is InChI=1S/2C16H18N2OS.C16H16N2OS.C14H12O2.C2H6N2S.CH4.B.Na.H/c3*1-17-16(20)18-11-13-7-9-15(10-8-13)19-12-14-5-3-2-4-6-14;15-10-12-6-8-14(9-7-12)16-11-13-4-2-1-3-5-13;1-4-2(3)5;;;;/h2*2-10H,11-12H2,1H3,(H2,17,18,20);2-11H,12H2,1H3,(H,17,20);1-10H,11H2;1H3,(H3,3,4,5);1H4;;;/q;;;;;;;+1;-1. The Labute approximate surface area is 544 Å². The van der Waals surface area contributed by atoms with E-state index in [0.717, 1.165) is 68.2 Å². The van der Waals surface area contributed by atoms with E-state index in [1.165, 1.54) is 0 Å².